The van der Waals surface area contributed by atoms with E-state index in [1.54, 1.807) is 7.11 Å². The predicted octanol–water partition coefficient (Wildman–Crippen LogP) is 3.23. The van der Waals surface area contributed by atoms with Crippen molar-refractivity contribution in [3.63, 3.8) is 0 Å². The number of hydrogen-bond acceptors (Lipinski definition) is 3. The van der Waals surface area contributed by atoms with Gasteiger partial charge in [0.25, 0.3) is 0 Å². The third-order valence-corrected chi connectivity index (χ3v) is 3.00. The van der Waals surface area contributed by atoms with Gasteiger partial charge in [-0.2, -0.15) is 0 Å². The van der Waals surface area contributed by atoms with Gasteiger partial charge >= 0.3 is 0 Å². The van der Waals surface area contributed by atoms with Crippen molar-refractivity contribution in [1.82, 2.24) is 5.32 Å². The van der Waals surface area contributed by atoms with Gasteiger partial charge in [0, 0.05) is 19.2 Å². The summed E-state index contributed by atoms with van der Waals surface area (Å²) in [6.07, 6.45) is -0.00655. The highest BCUT2D eigenvalue weighted by Gasteiger charge is 2.16. The first kappa shape index (κ1) is 15.5. The average molecular weight is 316 g/mol. The molecule has 1 atom stereocenters. The summed E-state index contributed by atoms with van der Waals surface area (Å²) >= 11 is 3.48. The van der Waals surface area contributed by atoms with Gasteiger partial charge in [0.1, 0.15) is 11.9 Å². The summed E-state index contributed by atoms with van der Waals surface area (Å²) in [6.45, 7) is 7.71. The minimum Gasteiger partial charge on any atom is -0.486 e. The van der Waals surface area contributed by atoms with E-state index in [9.17, 15) is 0 Å². The third-order valence-electron chi connectivity index (χ3n) is 2.34. The fourth-order valence-corrected chi connectivity index (χ4v) is 1.84. The third kappa shape index (κ3) is 5.85. The van der Waals surface area contributed by atoms with Crippen LogP contribution in [-0.2, 0) is 4.74 Å². The Morgan fingerprint density at radius 1 is 1.28 bits per heavy atom. The van der Waals surface area contributed by atoms with E-state index in [1.807, 2.05) is 24.3 Å². The zero-order chi connectivity index (χ0) is 13.6. The number of para-hydroxylation sites is 1. The van der Waals surface area contributed by atoms with Gasteiger partial charge in [0.2, 0.25) is 0 Å². The number of ether oxygens (including phenoxy) is 2. The van der Waals surface area contributed by atoms with Crippen LogP contribution in [0.25, 0.3) is 0 Å². The Hall–Kier alpha value is -0.580. The molecule has 0 saturated carbocycles. The second-order valence-corrected chi connectivity index (χ2v) is 6.11. The van der Waals surface area contributed by atoms with Crippen LogP contribution in [0.3, 0.4) is 0 Å². The highest BCUT2D eigenvalue weighted by atomic mass is 79.9. The molecule has 102 valence electrons. The van der Waals surface area contributed by atoms with Gasteiger partial charge < -0.3 is 14.8 Å². The Kier molecular flexibility index (Phi) is 6.12. The molecule has 1 aromatic carbocycles. The molecule has 4 heteroatoms. The van der Waals surface area contributed by atoms with E-state index in [2.05, 4.69) is 42.0 Å². The molecular formula is C14H22BrNO2. The standard InChI is InChI=1S/C14H22BrNO2/c1-14(2,3)16-9-11(10-17-4)18-13-8-6-5-7-12(13)15/h5-8,11,16H,9-10H2,1-4H3. The Balaban J connectivity index is 2.60. The van der Waals surface area contributed by atoms with E-state index in [0.29, 0.717) is 6.61 Å². The normalized spacial score (nSPS) is 13.4. The number of benzene rings is 1. The van der Waals surface area contributed by atoms with Gasteiger partial charge in [-0.05, 0) is 48.8 Å². The van der Waals surface area contributed by atoms with Crippen molar-refractivity contribution in [3.8, 4) is 5.75 Å². The fraction of sp³-hybridized carbons (Fsp3) is 0.571. The molecule has 1 aromatic rings. The van der Waals surface area contributed by atoms with Crippen molar-refractivity contribution in [3.05, 3.63) is 28.7 Å². The predicted molar refractivity (Wildman–Crippen MR) is 78.2 cm³/mol. The maximum absolute atomic E-state index is 5.95. The van der Waals surface area contributed by atoms with Crippen LogP contribution in [0.15, 0.2) is 28.7 Å². The summed E-state index contributed by atoms with van der Waals surface area (Å²) in [5.74, 6) is 0.843. The summed E-state index contributed by atoms with van der Waals surface area (Å²) in [4.78, 5) is 0. The molecule has 1 N–H and O–H groups in total. The quantitative estimate of drug-likeness (QED) is 0.874. The number of rotatable bonds is 6. The summed E-state index contributed by atoms with van der Waals surface area (Å²) in [5, 5.41) is 3.43. The van der Waals surface area contributed by atoms with Crippen LogP contribution in [0.4, 0.5) is 0 Å². The van der Waals surface area contributed by atoms with Gasteiger partial charge in [-0.15, -0.1) is 0 Å². The molecule has 0 aliphatic rings. The number of methoxy groups -OCH3 is 1. The SMILES string of the molecule is COCC(CNC(C)(C)C)Oc1ccccc1Br. The first-order valence-electron chi connectivity index (χ1n) is 6.07. The largest absolute Gasteiger partial charge is 0.486 e. The molecule has 1 unspecified atom stereocenters. The molecule has 0 radical (unpaired) electrons. The van der Waals surface area contributed by atoms with Gasteiger partial charge in [-0.1, -0.05) is 12.1 Å². The van der Waals surface area contributed by atoms with E-state index >= 15 is 0 Å². The molecular weight excluding hydrogens is 294 g/mol. The zero-order valence-corrected chi connectivity index (χ0v) is 13.1. The second kappa shape index (κ2) is 7.12. The van der Waals surface area contributed by atoms with E-state index in [0.717, 1.165) is 16.8 Å². The lowest BCUT2D eigenvalue weighted by Crippen LogP contribution is -2.44. The van der Waals surface area contributed by atoms with Gasteiger partial charge in [0.15, 0.2) is 0 Å². The highest BCUT2D eigenvalue weighted by Crippen LogP contribution is 2.24. The molecule has 1 rings (SSSR count). The smallest absolute Gasteiger partial charge is 0.134 e. The molecule has 0 aromatic heterocycles. The summed E-state index contributed by atoms with van der Waals surface area (Å²) in [6, 6.07) is 7.84. The molecule has 0 amide bonds. The van der Waals surface area contributed by atoms with Crippen LogP contribution in [-0.4, -0.2) is 31.9 Å². The molecule has 0 spiro atoms. The first-order chi connectivity index (χ1) is 8.42. The lowest BCUT2D eigenvalue weighted by molar-refractivity contribution is 0.0760. The van der Waals surface area contributed by atoms with E-state index in [4.69, 9.17) is 9.47 Å². The Labute approximate surface area is 118 Å². The molecule has 0 saturated heterocycles. The number of halogens is 1. The fourth-order valence-electron chi connectivity index (χ4n) is 1.46. The van der Waals surface area contributed by atoms with E-state index < -0.39 is 0 Å². The van der Waals surface area contributed by atoms with Crippen molar-refractivity contribution in [2.75, 3.05) is 20.3 Å². The van der Waals surface area contributed by atoms with Crippen molar-refractivity contribution in [2.45, 2.75) is 32.4 Å². The molecule has 0 aliphatic heterocycles. The van der Waals surface area contributed by atoms with Crippen LogP contribution in [0.2, 0.25) is 0 Å². The topological polar surface area (TPSA) is 30.5 Å². The Bertz CT molecular complexity index is 363. The van der Waals surface area contributed by atoms with Gasteiger partial charge in [0.05, 0.1) is 11.1 Å². The van der Waals surface area contributed by atoms with Crippen LogP contribution >= 0.6 is 15.9 Å². The lowest BCUT2D eigenvalue weighted by atomic mass is 10.1. The number of nitrogens with one attached hydrogen (secondary N) is 1. The molecule has 0 heterocycles. The van der Waals surface area contributed by atoms with Crippen molar-refractivity contribution in [1.29, 1.82) is 0 Å². The zero-order valence-electron chi connectivity index (χ0n) is 11.5. The summed E-state index contributed by atoms with van der Waals surface area (Å²) in [7, 11) is 1.69. The van der Waals surface area contributed by atoms with Crippen molar-refractivity contribution in [2.24, 2.45) is 0 Å². The molecule has 3 nitrogen and oxygen atoms in total. The van der Waals surface area contributed by atoms with Crippen molar-refractivity contribution >= 4 is 15.9 Å². The molecule has 0 fully saturated rings. The maximum Gasteiger partial charge on any atom is 0.134 e. The maximum atomic E-state index is 5.95. The summed E-state index contributed by atoms with van der Waals surface area (Å²) < 4.78 is 12.1. The average Bonchev–Trinajstić information content (AvgIpc) is 2.28. The van der Waals surface area contributed by atoms with Crippen molar-refractivity contribution < 1.29 is 9.47 Å². The minimum atomic E-state index is -0.00655. The van der Waals surface area contributed by atoms with Crippen LogP contribution < -0.4 is 10.1 Å². The van der Waals surface area contributed by atoms with Crippen LogP contribution in [0.1, 0.15) is 20.8 Å². The summed E-state index contributed by atoms with van der Waals surface area (Å²) in [5.41, 5.74) is 0.0727. The highest BCUT2D eigenvalue weighted by molar-refractivity contribution is 9.10. The minimum absolute atomic E-state index is 0.00655. The lowest BCUT2D eigenvalue weighted by Gasteiger charge is -2.26. The molecule has 0 bridgehead atoms. The Morgan fingerprint density at radius 2 is 1.94 bits per heavy atom. The van der Waals surface area contributed by atoms with E-state index in [-0.39, 0.29) is 11.6 Å². The van der Waals surface area contributed by atoms with Gasteiger partial charge in [-0.25, -0.2) is 0 Å². The first-order valence-corrected chi connectivity index (χ1v) is 6.87. The monoisotopic (exact) mass is 315 g/mol. The van der Waals surface area contributed by atoms with Gasteiger partial charge in [-0.3, -0.25) is 0 Å². The number of hydrogen-bond donors (Lipinski definition) is 1. The second-order valence-electron chi connectivity index (χ2n) is 5.26. The molecule has 0 aliphatic carbocycles. The van der Waals surface area contributed by atoms with E-state index in [1.165, 1.54) is 0 Å². The molecule has 18 heavy (non-hydrogen) atoms. The van der Waals surface area contributed by atoms with Crippen LogP contribution in [0, 0.1) is 0 Å². The Morgan fingerprint density at radius 3 is 2.50 bits per heavy atom. The van der Waals surface area contributed by atoms with Crippen LogP contribution in [0.5, 0.6) is 5.75 Å².